The van der Waals surface area contributed by atoms with Gasteiger partial charge in [-0.3, -0.25) is 0 Å². The van der Waals surface area contributed by atoms with Crippen LogP contribution >= 0.6 is 11.8 Å². The smallest absolute Gasteiger partial charge is 0.123 e. The molecular formula is C13H20FNS. The van der Waals surface area contributed by atoms with Crippen LogP contribution in [-0.2, 0) is 6.54 Å². The van der Waals surface area contributed by atoms with E-state index in [-0.39, 0.29) is 5.82 Å². The van der Waals surface area contributed by atoms with Gasteiger partial charge in [0.05, 0.1) is 0 Å². The van der Waals surface area contributed by atoms with E-state index in [0.29, 0.717) is 0 Å². The summed E-state index contributed by atoms with van der Waals surface area (Å²) in [6.07, 6.45) is 3.75. The zero-order chi connectivity index (χ0) is 11.8. The molecule has 0 aliphatic carbocycles. The highest BCUT2D eigenvalue weighted by Gasteiger charge is 2.03. The number of hydrogen-bond donors (Lipinski definition) is 1. The Labute approximate surface area is 102 Å². The lowest BCUT2D eigenvalue weighted by Gasteiger charge is -2.08. The second-order valence-electron chi connectivity index (χ2n) is 3.84. The summed E-state index contributed by atoms with van der Waals surface area (Å²) in [6, 6.07) is 5.05. The highest BCUT2D eigenvalue weighted by atomic mass is 32.2. The van der Waals surface area contributed by atoms with Gasteiger partial charge in [0.15, 0.2) is 0 Å². The first-order valence-electron chi connectivity index (χ1n) is 5.83. The van der Waals surface area contributed by atoms with Crippen molar-refractivity contribution < 1.29 is 4.39 Å². The molecule has 1 nitrogen and oxygen atoms in total. The highest BCUT2D eigenvalue weighted by Crippen LogP contribution is 2.24. The van der Waals surface area contributed by atoms with Gasteiger partial charge < -0.3 is 5.32 Å². The largest absolute Gasteiger partial charge is 0.316 e. The first-order valence-corrected chi connectivity index (χ1v) is 6.82. The Morgan fingerprint density at radius 2 is 2.12 bits per heavy atom. The summed E-state index contributed by atoms with van der Waals surface area (Å²) >= 11 is 1.83. The molecule has 3 heteroatoms. The van der Waals surface area contributed by atoms with Crippen LogP contribution in [0.5, 0.6) is 0 Å². The molecule has 0 spiro atoms. The Balaban J connectivity index is 2.56. The fourth-order valence-corrected chi connectivity index (χ4v) is 2.60. The van der Waals surface area contributed by atoms with Gasteiger partial charge in [-0.1, -0.05) is 19.8 Å². The molecule has 1 rings (SSSR count). The van der Waals surface area contributed by atoms with Crippen molar-refractivity contribution in [2.45, 2.75) is 37.6 Å². The van der Waals surface area contributed by atoms with Gasteiger partial charge in [0.2, 0.25) is 0 Å². The fourth-order valence-electron chi connectivity index (χ4n) is 1.55. The Bertz CT molecular complexity index is 315. The minimum atomic E-state index is -0.150. The number of unbranched alkanes of at least 4 members (excludes halogenated alkanes) is 2. The lowest BCUT2D eigenvalue weighted by molar-refractivity contribution is 0.621. The van der Waals surface area contributed by atoms with Crippen molar-refractivity contribution in [1.29, 1.82) is 0 Å². The maximum atomic E-state index is 13.1. The van der Waals surface area contributed by atoms with E-state index in [1.165, 1.54) is 24.2 Å². The molecule has 1 N–H and O–H groups in total. The van der Waals surface area contributed by atoms with Gasteiger partial charge in [0.1, 0.15) is 5.82 Å². The monoisotopic (exact) mass is 241 g/mol. The van der Waals surface area contributed by atoms with E-state index < -0.39 is 0 Å². The molecule has 0 atom stereocenters. The van der Waals surface area contributed by atoms with Gasteiger partial charge in [0, 0.05) is 11.4 Å². The molecule has 16 heavy (non-hydrogen) atoms. The molecular weight excluding hydrogens is 221 g/mol. The summed E-state index contributed by atoms with van der Waals surface area (Å²) in [5.41, 5.74) is 1.06. The van der Waals surface area contributed by atoms with Gasteiger partial charge in [0.25, 0.3) is 0 Å². The number of halogens is 1. The van der Waals surface area contributed by atoms with Crippen LogP contribution in [0.25, 0.3) is 0 Å². The second kappa shape index (κ2) is 7.69. The molecule has 0 aliphatic rings. The molecule has 0 radical (unpaired) electrons. The minimum absolute atomic E-state index is 0.150. The molecule has 0 bridgehead atoms. The maximum Gasteiger partial charge on any atom is 0.123 e. The van der Waals surface area contributed by atoms with Gasteiger partial charge in [-0.25, -0.2) is 4.39 Å². The van der Waals surface area contributed by atoms with Crippen LogP contribution in [0.4, 0.5) is 4.39 Å². The van der Waals surface area contributed by atoms with Crippen molar-refractivity contribution >= 4 is 11.8 Å². The topological polar surface area (TPSA) is 12.0 Å². The van der Waals surface area contributed by atoms with Crippen LogP contribution in [0.2, 0.25) is 0 Å². The predicted octanol–water partition coefficient (Wildman–Crippen LogP) is 3.83. The normalized spacial score (nSPS) is 10.7. The molecule has 1 aromatic rings. The molecule has 1 aromatic carbocycles. The van der Waals surface area contributed by atoms with Crippen LogP contribution in [0.1, 0.15) is 31.7 Å². The number of thioether (sulfide) groups is 1. The number of hydrogen-bond acceptors (Lipinski definition) is 2. The minimum Gasteiger partial charge on any atom is -0.316 e. The molecule has 0 saturated heterocycles. The van der Waals surface area contributed by atoms with E-state index in [4.69, 9.17) is 0 Å². The third-order valence-electron chi connectivity index (χ3n) is 2.40. The van der Waals surface area contributed by atoms with Crippen LogP contribution in [0, 0.1) is 5.82 Å². The summed E-state index contributed by atoms with van der Waals surface area (Å²) in [6.45, 7) is 2.93. The maximum absolute atomic E-state index is 13.1. The Morgan fingerprint density at radius 3 is 2.81 bits per heavy atom. The van der Waals surface area contributed by atoms with E-state index in [0.717, 1.165) is 17.9 Å². The molecule has 0 fully saturated rings. The number of rotatable bonds is 7. The summed E-state index contributed by atoms with van der Waals surface area (Å²) < 4.78 is 13.1. The van der Waals surface area contributed by atoms with Crippen molar-refractivity contribution in [3.63, 3.8) is 0 Å². The molecule has 0 amide bonds. The summed E-state index contributed by atoms with van der Waals surface area (Å²) in [5.74, 6) is 0.971. The molecule has 0 saturated carbocycles. The zero-order valence-electron chi connectivity index (χ0n) is 10.1. The summed E-state index contributed by atoms with van der Waals surface area (Å²) in [5, 5.41) is 3.07. The average molecular weight is 241 g/mol. The zero-order valence-corrected chi connectivity index (χ0v) is 10.9. The predicted molar refractivity (Wildman–Crippen MR) is 69.4 cm³/mol. The van der Waals surface area contributed by atoms with Crippen molar-refractivity contribution in [3.05, 3.63) is 29.6 Å². The van der Waals surface area contributed by atoms with Crippen LogP contribution in [-0.4, -0.2) is 12.8 Å². The van der Waals surface area contributed by atoms with Crippen molar-refractivity contribution in [3.8, 4) is 0 Å². The van der Waals surface area contributed by atoms with Crippen LogP contribution in [0.15, 0.2) is 23.1 Å². The Hall–Kier alpha value is -0.540. The highest BCUT2D eigenvalue weighted by molar-refractivity contribution is 7.99. The molecule has 0 aromatic heterocycles. The average Bonchev–Trinajstić information content (AvgIpc) is 2.27. The first-order chi connectivity index (χ1) is 7.77. The summed E-state index contributed by atoms with van der Waals surface area (Å²) in [7, 11) is 1.89. The van der Waals surface area contributed by atoms with Gasteiger partial charge in [-0.2, -0.15) is 0 Å². The van der Waals surface area contributed by atoms with E-state index in [9.17, 15) is 4.39 Å². The second-order valence-corrected chi connectivity index (χ2v) is 4.97. The van der Waals surface area contributed by atoms with E-state index in [2.05, 4.69) is 12.2 Å². The fraction of sp³-hybridized carbons (Fsp3) is 0.538. The van der Waals surface area contributed by atoms with Crippen molar-refractivity contribution in [1.82, 2.24) is 5.32 Å². The molecule has 0 heterocycles. The van der Waals surface area contributed by atoms with E-state index in [1.807, 2.05) is 24.9 Å². The molecule has 0 aliphatic heterocycles. The van der Waals surface area contributed by atoms with Gasteiger partial charge in [-0.15, -0.1) is 11.8 Å². The standard InChI is InChI=1S/C13H20FNS/c1-3-4-5-8-16-13-7-6-12(14)9-11(13)10-15-2/h6-7,9,15H,3-5,8,10H2,1-2H3. The van der Waals surface area contributed by atoms with Gasteiger partial charge >= 0.3 is 0 Å². The van der Waals surface area contributed by atoms with E-state index >= 15 is 0 Å². The number of nitrogens with one attached hydrogen (secondary N) is 1. The van der Waals surface area contributed by atoms with Crippen LogP contribution < -0.4 is 5.32 Å². The first kappa shape index (κ1) is 13.5. The third kappa shape index (κ3) is 4.54. The summed E-state index contributed by atoms with van der Waals surface area (Å²) in [4.78, 5) is 1.20. The van der Waals surface area contributed by atoms with Gasteiger partial charge in [-0.05, 0) is 43.0 Å². The lowest BCUT2D eigenvalue weighted by atomic mass is 10.2. The lowest BCUT2D eigenvalue weighted by Crippen LogP contribution is -2.06. The number of benzene rings is 1. The Kier molecular flexibility index (Phi) is 6.50. The van der Waals surface area contributed by atoms with Crippen LogP contribution in [0.3, 0.4) is 0 Å². The molecule has 90 valence electrons. The molecule has 0 unspecified atom stereocenters. The SMILES string of the molecule is CCCCCSc1ccc(F)cc1CNC. The third-order valence-corrected chi connectivity index (χ3v) is 3.60. The van der Waals surface area contributed by atoms with Crippen molar-refractivity contribution in [2.75, 3.05) is 12.8 Å². The van der Waals surface area contributed by atoms with E-state index in [1.54, 1.807) is 12.1 Å². The Morgan fingerprint density at radius 1 is 1.31 bits per heavy atom. The van der Waals surface area contributed by atoms with Crippen molar-refractivity contribution in [2.24, 2.45) is 0 Å². The quantitative estimate of drug-likeness (QED) is 0.575.